The normalized spacial score (nSPS) is 40.4. The Morgan fingerprint density at radius 2 is 1.87 bits per heavy atom. The summed E-state index contributed by atoms with van der Waals surface area (Å²) in [5.41, 5.74) is -0.187. The summed E-state index contributed by atoms with van der Waals surface area (Å²) in [6.07, 6.45) is 2.94. The third kappa shape index (κ3) is 1.95. The molecule has 1 aliphatic heterocycles. The number of carbonyl (C=O) groups excluding carboxylic acids is 2. The predicted molar refractivity (Wildman–Crippen MR) is 90.0 cm³/mol. The number of allylic oxidation sites excluding steroid dienone is 1. The molecule has 23 heavy (non-hydrogen) atoms. The summed E-state index contributed by atoms with van der Waals surface area (Å²) in [6.45, 7) is 7.96. The Hall–Kier alpha value is -1.65. The average Bonchev–Trinajstić information content (AvgIpc) is 2.68. The Bertz CT molecular complexity index is 634. The van der Waals surface area contributed by atoms with Crippen LogP contribution in [0.25, 0.3) is 0 Å². The monoisotopic (exact) mass is 320 g/mol. The molecular formula is C18H28N2O3. The highest BCUT2D eigenvalue weighted by atomic mass is 16.2. The van der Waals surface area contributed by atoms with Gasteiger partial charge in [-0.15, -0.1) is 0 Å². The third-order valence-corrected chi connectivity index (χ3v) is 6.24. The number of hydrogen-bond acceptors (Lipinski definition) is 4. The zero-order valence-corrected chi connectivity index (χ0v) is 13.9. The highest BCUT2D eigenvalue weighted by Crippen LogP contribution is 2.61. The number of nitrogens with zero attached hydrogens (tertiary/aromatic N) is 2. The minimum absolute atomic E-state index is 0. The summed E-state index contributed by atoms with van der Waals surface area (Å²) in [5.74, 6) is 0.174. The molecule has 5 heteroatoms. The van der Waals surface area contributed by atoms with Gasteiger partial charge >= 0.3 is 0 Å². The van der Waals surface area contributed by atoms with Crippen LogP contribution >= 0.6 is 0 Å². The minimum atomic E-state index is -0.572. The predicted octanol–water partition coefficient (Wildman–Crippen LogP) is 3.31. The number of fused-ring (bicyclic) bond motifs is 3. The molecule has 5 nitrogen and oxygen atoms in total. The Balaban J connectivity index is 0.00000192. The smallest absolute Gasteiger partial charge is 0.254 e. The van der Waals surface area contributed by atoms with Crippen molar-refractivity contribution in [1.29, 1.82) is 0 Å². The summed E-state index contributed by atoms with van der Waals surface area (Å²) < 4.78 is 0. The van der Waals surface area contributed by atoms with E-state index in [1.165, 1.54) is 5.01 Å². The van der Waals surface area contributed by atoms with Crippen molar-refractivity contribution in [2.75, 3.05) is 7.05 Å². The number of hydrogen-bond donors (Lipinski definition) is 1. The molecule has 3 atom stereocenters. The van der Waals surface area contributed by atoms with E-state index in [1.807, 2.05) is 20.8 Å². The molecular weight excluding hydrogens is 292 g/mol. The van der Waals surface area contributed by atoms with Gasteiger partial charge in [0.25, 0.3) is 5.91 Å². The molecule has 0 radical (unpaired) electrons. The number of amides is 1. The van der Waals surface area contributed by atoms with Gasteiger partial charge in [-0.25, -0.2) is 5.01 Å². The van der Waals surface area contributed by atoms with E-state index in [0.717, 1.165) is 24.8 Å². The van der Waals surface area contributed by atoms with Crippen molar-refractivity contribution in [2.24, 2.45) is 27.3 Å². The summed E-state index contributed by atoms with van der Waals surface area (Å²) in [4.78, 5) is 25.2. The van der Waals surface area contributed by atoms with E-state index in [0.29, 0.717) is 12.0 Å². The van der Waals surface area contributed by atoms with Gasteiger partial charge in [-0.05, 0) is 32.1 Å². The second-order valence-electron chi connectivity index (χ2n) is 8.00. The molecule has 2 saturated carbocycles. The van der Waals surface area contributed by atoms with E-state index in [-0.39, 0.29) is 30.4 Å². The first kappa shape index (κ1) is 17.7. The van der Waals surface area contributed by atoms with Crippen LogP contribution in [-0.2, 0) is 9.59 Å². The molecule has 1 unspecified atom stereocenters. The number of aliphatic hydroxyl groups excluding tert-OH is 1. The lowest BCUT2D eigenvalue weighted by atomic mass is 9.46. The number of rotatable bonds is 0. The Kier molecular flexibility index (Phi) is 3.79. The van der Waals surface area contributed by atoms with Gasteiger partial charge in [0.05, 0.1) is 17.4 Å². The number of hydrazone groups is 1. The highest BCUT2D eigenvalue weighted by molar-refractivity contribution is 6.16. The first-order valence-electron chi connectivity index (χ1n) is 7.85. The molecule has 3 rings (SSSR count). The van der Waals surface area contributed by atoms with Crippen LogP contribution in [0.2, 0.25) is 0 Å². The molecule has 0 bridgehead atoms. The van der Waals surface area contributed by atoms with Gasteiger partial charge in [-0.3, -0.25) is 9.59 Å². The topological polar surface area (TPSA) is 70.0 Å². The van der Waals surface area contributed by atoms with Crippen LogP contribution in [0.3, 0.4) is 0 Å². The van der Waals surface area contributed by atoms with E-state index in [4.69, 9.17) is 0 Å². The second kappa shape index (κ2) is 4.92. The lowest BCUT2D eigenvalue weighted by molar-refractivity contribution is -0.137. The molecule has 1 heterocycles. The van der Waals surface area contributed by atoms with Gasteiger partial charge in [0.15, 0.2) is 5.78 Å². The van der Waals surface area contributed by atoms with Crippen molar-refractivity contribution in [1.82, 2.24) is 5.01 Å². The van der Waals surface area contributed by atoms with Crippen LogP contribution in [0.5, 0.6) is 0 Å². The molecule has 0 aromatic heterocycles. The lowest BCUT2D eigenvalue weighted by Crippen LogP contribution is -2.59. The van der Waals surface area contributed by atoms with Crippen molar-refractivity contribution >= 4 is 17.4 Å². The first-order valence-corrected chi connectivity index (χ1v) is 7.85. The third-order valence-electron chi connectivity index (χ3n) is 6.24. The van der Waals surface area contributed by atoms with Gasteiger partial charge in [0.1, 0.15) is 0 Å². The van der Waals surface area contributed by atoms with Gasteiger partial charge in [0, 0.05) is 23.5 Å². The van der Waals surface area contributed by atoms with Crippen molar-refractivity contribution in [3.05, 3.63) is 11.8 Å². The molecule has 2 aliphatic carbocycles. The van der Waals surface area contributed by atoms with Crippen LogP contribution in [0.15, 0.2) is 16.9 Å². The molecule has 2 fully saturated rings. The molecule has 0 aromatic carbocycles. The summed E-state index contributed by atoms with van der Waals surface area (Å²) in [7, 11) is 1.69. The number of carbonyl (C=O) groups is 2. The summed E-state index contributed by atoms with van der Waals surface area (Å²) in [6, 6.07) is 0. The zero-order chi connectivity index (χ0) is 16.5. The molecule has 1 amide bonds. The van der Waals surface area contributed by atoms with E-state index in [2.05, 4.69) is 12.0 Å². The van der Waals surface area contributed by atoms with Crippen LogP contribution in [0, 0.1) is 22.2 Å². The van der Waals surface area contributed by atoms with Gasteiger partial charge < -0.3 is 5.11 Å². The number of Topliss-reactive ketones (excluding diaryl/α,β-unsaturated/α-hetero) is 1. The van der Waals surface area contributed by atoms with Crippen molar-refractivity contribution in [3.63, 3.8) is 0 Å². The Morgan fingerprint density at radius 3 is 2.43 bits per heavy atom. The fraction of sp³-hybridized carbons (Fsp3) is 0.722. The van der Waals surface area contributed by atoms with Crippen molar-refractivity contribution < 1.29 is 14.7 Å². The molecule has 1 N–H and O–H groups in total. The van der Waals surface area contributed by atoms with Crippen molar-refractivity contribution in [2.45, 2.75) is 54.4 Å². The number of aliphatic hydroxyl groups is 1. The lowest BCUT2D eigenvalue weighted by Gasteiger charge is -2.55. The van der Waals surface area contributed by atoms with Crippen LogP contribution in [0.1, 0.15) is 54.4 Å². The maximum Gasteiger partial charge on any atom is 0.254 e. The number of ketones is 1. The maximum atomic E-state index is 12.6. The van der Waals surface area contributed by atoms with E-state index >= 15 is 0 Å². The summed E-state index contributed by atoms with van der Waals surface area (Å²) in [5, 5.41) is 15.5. The van der Waals surface area contributed by atoms with E-state index < -0.39 is 10.8 Å². The molecule has 0 aromatic rings. The highest BCUT2D eigenvalue weighted by Gasteiger charge is 2.64. The summed E-state index contributed by atoms with van der Waals surface area (Å²) >= 11 is 0. The van der Waals surface area contributed by atoms with E-state index in [1.54, 1.807) is 7.05 Å². The van der Waals surface area contributed by atoms with Gasteiger partial charge in [0.2, 0.25) is 0 Å². The van der Waals surface area contributed by atoms with E-state index in [9.17, 15) is 14.7 Å². The Morgan fingerprint density at radius 1 is 1.26 bits per heavy atom. The maximum absolute atomic E-state index is 12.6. The second-order valence-corrected chi connectivity index (χ2v) is 8.00. The van der Waals surface area contributed by atoms with Gasteiger partial charge in [-0.1, -0.05) is 28.2 Å². The molecule has 0 spiro atoms. The average molecular weight is 320 g/mol. The molecule has 0 saturated heterocycles. The van der Waals surface area contributed by atoms with Crippen LogP contribution in [0.4, 0.5) is 0 Å². The standard InChI is InChI=1S/C17H24N2O3.CH4/c1-15(2)11-6-7-16(3)13(18-19(5)14(16)22)17(11,4)8-10(9-20)12(15)21;/h9,11,20H,6-8H2,1-5H3;1H4/b10-9-;/t11-,16?,17-;/m0./s1. The van der Waals surface area contributed by atoms with Gasteiger partial charge in [-0.2, -0.15) is 5.10 Å². The largest absolute Gasteiger partial charge is 0.515 e. The SMILES string of the molecule is C.CN1N=C2C(C)(CC[C@H]3C(C)(C)C(=O)/C(=C\O)C[C@]23C)C1=O. The molecule has 128 valence electrons. The minimum Gasteiger partial charge on any atom is -0.515 e. The first-order chi connectivity index (χ1) is 10.1. The molecule has 3 aliphatic rings. The van der Waals surface area contributed by atoms with Crippen LogP contribution < -0.4 is 0 Å². The fourth-order valence-corrected chi connectivity index (χ4v) is 5.17. The Labute approximate surface area is 138 Å². The zero-order valence-electron chi connectivity index (χ0n) is 13.9. The van der Waals surface area contributed by atoms with Crippen LogP contribution in [-0.4, -0.2) is 34.6 Å². The quantitative estimate of drug-likeness (QED) is 0.550. The fourth-order valence-electron chi connectivity index (χ4n) is 5.17. The van der Waals surface area contributed by atoms with Crippen molar-refractivity contribution in [3.8, 4) is 0 Å².